The van der Waals surface area contributed by atoms with Gasteiger partial charge in [0, 0.05) is 35.3 Å². The Hall–Kier alpha value is -2.47. The average molecular weight is 544 g/mol. The van der Waals surface area contributed by atoms with Gasteiger partial charge in [-0.15, -0.1) is 11.8 Å². The van der Waals surface area contributed by atoms with Gasteiger partial charge in [-0.2, -0.15) is 0 Å². The molecule has 0 aromatic heterocycles. The molecule has 0 aliphatic rings. The summed E-state index contributed by atoms with van der Waals surface area (Å²) in [6.45, 7) is 4.98. The quantitative estimate of drug-likeness (QED) is 0.279. The van der Waals surface area contributed by atoms with Crippen molar-refractivity contribution in [2.75, 3.05) is 12.3 Å². The molecule has 7 heteroatoms. The van der Waals surface area contributed by atoms with Gasteiger partial charge >= 0.3 is 0 Å². The zero-order valence-corrected chi connectivity index (χ0v) is 23.0. The highest BCUT2D eigenvalue weighted by atomic mass is 35.5. The fourth-order valence-corrected chi connectivity index (χ4v) is 4.81. The molecule has 1 N–H and O–H groups in total. The highest BCUT2D eigenvalue weighted by Gasteiger charge is 2.30. The standard InChI is InChI=1S/C29H32Cl2N2O2S/c1-21(2)17-32-29(35)27(16-22-6-4-3-5-7-22)33(18-23-8-12-25(30)13-9-23)28(34)20-36-19-24-10-14-26(31)15-11-24/h3-15,21,27H,16-20H2,1-2H3,(H,32,35). The molecule has 0 heterocycles. The molecule has 0 aliphatic carbocycles. The predicted molar refractivity (Wildman–Crippen MR) is 151 cm³/mol. The number of hydrogen-bond donors (Lipinski definition) is 1. The lowest BCUT2D eigenvalue weighted by Crippen LogP contribution is -2.51. The van der Waals surface area contributed by atoms with Crippen LogP contribution in [0.5, 0.6) is 0 Å². The van der Waals surface area contributed by atoms with Crippen molar-refractivity contribution < 1.29 is 9.59 Å². The molecule has 2 amide bonds. The number of nitrogens with zero attached hydrogens (tertiary/aromatic N) is 1. The van der Waals surface area contributed by atoms with E-state index in [1.807, 2.05) is 66.7 Å². The molecule has 0 spiro atoms. The molecule has 0 aliphatic heterocycles. The normalized spacial score (nSPS) is 11.8. The summed E-state index contributed by atoms with van der Waals surface area (Å²) in [5.41, 5.74) is 3.02. The fourth-order valence-electron chi connectivity index (χ4n) is 3.68. The molecule has 3 aromatic rings. The molecule has 190 valence electrons. The van der Waals surface area contributed by atoms with E-state index in [9.17, 15) is 9.59 Å². The van der Waals surface area contributed by atoms with Gasteiger partial charge < -0.3 is 10.2 Å². The van der Waals surface area contributed by atoms with Crippen LogP contribution in [-0.2, 0) is 28.3 Å². The van der Waals surface area contributed by atoms with Crippen molar-refractivity contribution in [3.63, 3.8) is 0 Å². The van der Waals surface area contributed by atoms with E-state index in [-0.39, 0.29) is 17.6 Å². The summed E-state index contributed by atoms with van der Waals surface area (Å²) >= 11 is 13.6. The number of nitrogens with one attached hydrogen (secondary N) is 1. The van der Waals surface area contributed by atoms with Crippen LogP contribution in [0.1, 0.15) is 30.5 Å². The summed E-state index contributed by atoms with van der Waals surface area (Å²) in [6.07, 6.45) is 0.436. The first-order chi connectivity index (χ1) is 17.3. The number of thioether (sulfide) groups is 1. The molecule has 36 heavy (non-hydrogen) atoms. The maximum absolute atomic E-state index is 13.6. The molecule has 1 unspecified atom stereocenters. The number of carbonyl (C=O) groups is 2. The average Bonchev–Trinajstić information content (AvgIpc) is 2.87. The third-order valence-corrected chi connectivity index (χ3v) is 7.12. The summed E-state index contributed by atoms with van der Waals surface area (Å²) in [5.74, 6) is 1.03. The van der Waals surface area contributed by atoms with Crippen molar-refractivity contribution in [1.29, 1.82) is 0 Å². The van der Waals surface area contributed by atoms with Crippen LogP contribution in [0.3, 0.4) is 0 Å². The molecule has 1 atom stereocenters. The number of rotatable bonds is 12. The molecular weight excluding hydrogens is 511 g/mol. The first-order valence-corrected chi connectivity index (χ1v) is 13.9. The minimum atomic E-state index is -0.634. The van der Waals surface area contributed by atoms with Gasteiger partial charge in [-0.05, 0) is 46.9 Å². The van der Waals surface area contributed by atoms with Crippen molar-refractivity contribution in [2.45, 2.75) is 38.6 Å². The Labute approximate surface area is 228 Å². The number of benzene rings is 3. The molecule has 4 nitrogen and oxygen atoms in total. The second-order valence-corrected chi connectivity index (χ2v) is 11.0. The Morgan fingerprint density at radius 3 is 2.00 bits per heavy atom. The number of hydrogen-bond acceptors (Lipinski definition) is 3. The van der Waals surface area contributed by atoms with Crippen molar-refractivity contribution >= 4 is 46.8 Å². The SMILES string of the molecule is CC(C)CNC(=O)C(Cc1ccccc1)N(Cc1ccc(Cl)cc1)C(=O)CSCc1ccc(Cl)cc1. The molecule has 0 saturated heterocycles. The lowest BCUT2D eigenvalue weighted by atomic mass is 10.0. The van der Waals surface area contributed by atoms with Crippen molar-refractivity contribution in [2.24, 2.45) is 5.92 Å². The van der Waals surface area contributed by atoms with E-state index in [2.05, 4.69) is 19.2 Å². The molecule has 3 rings (SSSR count). The van der Waals surface area contributed by atoms with Crippen molar-refractivity contribution in [3.8, 4) is 0 Å². The van der Waals surface area contributed by atoms with Crippen LogP contribution in [0.15, 0.2) is 78.9 Å². The first-order valence-electron chi connectivity index (χ1n) is 12.0. The third-order valence-electron chi connectivity index (χ3n) is 5.63. The highest BCUT2D eigenvalue weighted by Crippen LogP contribution is 2.20. The molecule has 0 fully saturated rings. The van der Waals surface area contributed by atoms with E-state index >= 15 is 0 Å². The van der Waals surface area contributed by atoms with Gasteiger partial charge in [0.25, 0.3) is 0 Å². The highest BCUT2D eigenvalue weighted by molar-refractivity contribution is 7.99. The minimum Gasteiger partial charge on any atom is -0.354 e. The van der Waals surface area contributed by atoms with E-state index in [0.717, 1.165) is 16.7 Å². The Kier molecular flexibility index (Phi) is 11.2. The van der Waals surface area contributed by atoms with Crippen LogP contribution >= 0.6 is 35.0 Å². The number of carbonyl (C=O) groups excluding carboxylic acids is 2. The van der Waals surface area contributed by atoms with Gasteiger partial charge in [-0.25, -0.2) is 0 Å². The number of amides is 2. The lowest BCUT2D eigenvalue weighted by Gasteiger charge is -2.32. The van der Waals surface area contributed by atoms with Crippen LogP contribution in [0.2, 0.25) is 10.0 Å². The second kappa shape index (κ2) is 14.3. The van der Waals surface area contributed by atoms with Gasteiger partial charge in [0.15, 0.2) is 0 Å². The van der Waals surface area contributed by atoms with Crippen molar-refractivity contribution in [1.82, 2.24) is 10.2 Å². The minimum absolute atomic E-state index is 0.0791. The van der Waals surface area contributed by atoms with Crippen LogP contribution in [0.25, 0.3) is 0 Å². The largest absolute Gasteiger partial charge is 0.354 e. The molecule has 0 radical (unpaired) electrons. The van der Waals surface area contributed by atoms with Gasteiger partial charge in [-0.3, -0.25) is 9.59 Å². The van der Waals surface area contributed by atoms with E-state index in [0.29, 0.717) is 41.2 Å². The maximum atomic E-state index is 13.6. The summed E-state index contributed by atoms with van der Waals surface area (Å²) in [7, 11) is 0. The predicted octanol–water partition coefficient (Wildman–Crippen LogP) is 6.64. The van der Waals surface area contributed by atoms with Gasteiger partial charge in [0.05, 0.1) is 5.75 Å². The van der Waals surface area contributed by atoms with Crippen LogP contribution in [0, 0.1) is 5.92 Å². The molecular formula is C29H32Cl2N2O2S. The van der Waals surface area contributed by atoms with E-state index in [1.54, 1.807) is 17.0 Å². The first kappa shape index (κ1) is 28.1. The molecule has 3 aromatic carbocycles. The van der Waals surface area contributed by atoms with Crippen LogP contribution < -0.4 is 5.32 Å². The van der Waals surface area contributed by atoms with Gasteiger partial charge in [-0.1, -0.05) is 91.6 Å². The molecule has 0 saturated carbocycles. The van der Waals surface area contributed by atoms with Gasteiger partial charge in [0.2, 0.25) is 11.8 Å². The topological polar surface area (TPSA) is 49.4 Å². The summed E-state index contributed by atoms with van der Waals surface area (Å²) in [5, 5.41) is 4.36. The molecule has 0 bridgehead atoms. The van der Waals surface area contributed by atoms with E-state index in [1.165, 1.54) is 11.8 Å². The zero-order valence-electron chi connectivity index (χ0n) is 20.6. The van der Waals surface area contributed by atoms with Gasteiger partial charge in [0.1, 0.15) is 6.04 Å². The lowest BCUT2D eigenvalue weighted by molar-refractivity contribution is -0.139. The van der Waals surface area contributed by atoms with Crippen molar-refractivity contribution in [3.05, 3.63) is 106 Å². The Bertz CT molecular complexity index is 1110. The van der Waals surface area contributed by atoms with Crippen LogP contribution in [0.4, 0.5) is 0 Å². The Morgan fingerprint density at radius 1 is 0.833 bits per heavy atom. The van der Waals surface area contributed by atoms with Crippen LogP contribution in [-0.4, -0.2) is 35.1 Å². The third kappa shape index (κ3) is 9.20. The summed E-state index contributed by atoms with van der Waals surface area (Å²) in [6, 6.07) is 24.2. The summed E-state index contributed by atoms with van der Waals surface area (Å²) in [4.78, 5) is 28.7. The monoisotopic (exact) mass is 542 g/mol. The second-order valence-electron chi connectivity index (χ2n) is 9.11. The maximum Gasteiger partial charge on any atom is 0.243 e. The fraction of sp³-hybridized carbons (Fsp3) is 0.310. The smallest absolute Gasteiger partial charge is 0.243 e. The Balaban J connectivity index is 1.82. The zero-order chi connectivity index (χ0) is 25.9. The van der Waals surface area contributed by atoms with E-state index < -0.39 is 6.04 Å². The number of halogens is 2. The van der Waals surface area contributed by atoms with E-state index in [4.69, 9.17) is 23.2 Å². The Morgan fingerprint density at radius 2 is 1.42 bits per heavy atom. The summed E-state index contributed by atoms with van der Waals surface area (Å²) < 4.78 is 0.